The molecule has 7 nitrogen and oxygen atoms in total. The number of nitrogens with one attached hydrogen (secondary N) is 2. The number of rotatable bonds is 5. The van der Waals surface area contributed by atoms with Crippen LogP contribution in [0.5, 0.6) is 0 Å². The molecular formula is C11H14N4O3S3. The van der Waals surface area contributed by atoms with Gasteiger partial charge in [0.2, 0.25) is 10.0 Å². The SMILES string of the molecule is CC(NC(=O)NCc1ccc(S(N)(=O)=O)s1)c1nccs1. The van der Waals surface area contributed by atoms with E-state index in [1.165, 1.54) is 17.4 Å². The molecule has 4 N–H and O–H groups in total. The largest absolute Gasteiger partial charge is 0.333 e. The van der Waals surface area contributed by atoms with Gasteiger partial charge in [-0.2, -0.15) is 0 Å². The van der Waals surface area contributed by atoms with Crippen molar-refractivity contribution < 1.29 is 13.2 Å². The van der Waals surface area contributed by atoms with Gasteiger partial charge in [0.05, 0.1) is 12.6 Å². The molecule has 0 radical (unpaired) electrons. The zero-order chi connectivity index (χ0) is 15.5. The maximum absolute atomic E-state index is 11.7. The van der Waals surface area contributed by atoms with Crippen molar-refractivity contribution in [2.75, 3.05) is 0 Å². The van der Waals surface area contributed by atoms with Crippen molar-refractivity contribution >= 4 is 38.7 Å². The lowest BCUT2D eigenvalue weighted by atomic mass is 10.3. The zero-order valence-electron chi connectivity index (χ0n) is 11.1. The van der Waals surface area contributed by atoms with Crippen LogP contribution >= 0.6 is 22.7 Å². The minimum absolute atomic E-state index is 0.0795. The first-order chi connectivity index (χ1) is 9.86. The Bertz CT molecular complexity index is 709. The monoisotopic (exact) mass is 346 g/mol. The second kappa shape index (κ2) is 6.52. The van der Waals surface area contributed by atoms with Crippen molar-refractivity contribution in [1.82, 2.24) is 15.6 Å². The molecule has 0 saturated carbocycles. The second-order valence-electron chi connectivity index (χ2n) is 4.18. The number of carbonyl (C=O) groups excluding carboxylic acids is 1. The molecule has 2 aromatic rings. The summed E-state index contributed by atoms with van der Waals surface area (Å²) in [7, 11) is -3.69. The van der Waals surface area contributed by atoms with Crippen LogP contribution in [-0.4, -0.2) is 19.4 Å². The van der Waals surface area contributed by atoms with Gasteiger partial charge in [0.25, 0.3) is 0 Å². The highest BCUT2D eigenvalue weighted by atomic mass is 32.2. The molecule has 21 heavy (non-hydrogen) atoms. The standard InChI is InChI=1S/C11H14N4O3S3/c1-7(10-13-4-5-19-10)15-11(16)14-6-8-2-3-9(20-8)21(12,17)18/h2-5,7H,6H2,1H3,(H2,12,17,18)(H2,14,15,16). The van der Waals surface area contributed by atoms with E-state index in [9.17, 15) is 13.2 Å². The third kappa shape index (κ3) is 4.49. The number of sulfonamides is 1. The maximum Gasteiger partial charge on any atom is 0.315 e. The van der Waals surface area contributed by atoms with E-state index in [0.29, 0.717) is 4.88 Å². The molecule has 0 fully saturated rings. The topological polar surface area (TPSA) is 114 Å². The van der Waals surface area contributed by atoms with Gasteiger partial charge in [-0.3, -0.25) is 0 Å². The molecule has 0 spiro atoms. The summed E-state index contributed by atoms with van der Waals surface area (Å²) in [5.41, 5.74) is 0. The Balaban J connectivity index is 1.85. The van der Waals surface area contributed by atoms with E-state index in [1.807, 2.05) is 12.3 Å². The number of amides is 2. The average Bonchev–Trinajstić information content (AvgIpc) is 3.07. The molecule has 0 aromatic carbocycles. The Kier molecular flexibility index (Phi) is 4.93. The van der Waals surface area contributed by atoms with Crippen molar-refractivity contribution in [1.29, 1.82) is 0 Å². The second-order valence-corrected chi connectivity index (χ2v) is 8.07. The van der Waals surface area contributed by atoms with Crippen LogP contribution in [0.1, 0.15) is 22.9 Å². The van der Waals surface area contributed by atoms with Crippen LogP contribution in [0, 0.1) is 0 Å². The Morgan fingerprint density at radius 3 is 2.81 bits per heavy atom. The molecule has 114 valence electrons. The zero-order valence-corrected chi connectivity index (χ0v) is 13.5. The summed E-state index contributed by atoms with van der Waals surface area (Å²) < 4.78 is 22.4. The van der Waals surface area contributed by atoms with Crippen LogP contribution < -0.4 is 15.8 Å². The predicted octanol–water partition coefficient (Wildman–Crippen LogP) is 1.41. The summed E-state index contributed by atoms with van der Waals surface area (Å²) in [4.78, 5) is 16.6. The van der Waals surface area contributed by atoms with E-state index in [1.54, 1.807) is 12.3 Å². The van der Waals surface area contributed by atoms with Crippen molar-refractivity contribution in [2.24, 2.45) is 5.14 Å². The number of nitrogens with two attached hydrogens (primary N) is 1. The lowest BCUT2D eigenvalue weighted by Crippen LogP contribution is -2.36. The minimum atomic E-state index is -3.69. The minimum Gasteiger partial charge on any atom is -0.333 e. The van der Waals surface area contributed by atoms with Gasteiger partial charge < -0.3 is 10.6 Å². The van der Waals surface area contributed by atoms with Crippen LogP contribution in [0.25, 0.3) is 0 Å². The Labute approximate surface area is 130 Å². The van der Waals surface area contributed by atoms with E-state index >= 15 is 0 Å². The van der Waals surface area contributed by atoms with Gasteiger partial charge in [-0.1, -0.05) is 0 Å². The number of hydrogen-bond acceptors (Lipinski definition) is 6. The fraction of sp³-hybridized carbons (Fsp3) is 0.273. The van der Waals surface area contributed by atoms with E-state index in [2.05, 4.69) is 15.6 Å². The number of nitrogens with zero attached hydrogens (tertiary/aromatic N) is 1. The smallest absolute Gasteiger partial charge is 0.315 e. The highest BCUT2D eigenvalue weighted by Crippen LogP contribution is 2.20. The summed E-state index contributed by atoms with van der Waals surface area (Å²) in [5, 5.41) is 13.1. The van der Waals surface area contributed by atoms with Gasteiger partial charge in [0, 0.05) is 16.5 Å². The summed E-state index contributed by atoms with van der Waals surface area (Å²) in [6, 6.07) is 2.51. The molecule has 0 bridgehead atoms. The first-order valence-corrected chi connectivity index (χ1v) is 9.16. The van der Waals surface area contributed by atoms with Gasteiger partial charge in [0.1, 0.15) is 9.22 Å². The lowest BCUT2D eigenvalue weighted by molar-refractivity contribution is 0.237. The van der Waals surface area contributed by atoms with Crippen molar-refractivity contribution in [2.45, 2.75) is 23.7 Å². The third-order valence-electron chi connectivity index (χ3n) is 2.51. The van der Waals surface area contributed by atoms with Crippen LogP contribution in [0.4, 0.5) is 4.79 Å². The van der Waals surface area contributed by atoms with E-state index in [-0.39, 0.29) is 22.8 Å². The Morgan fingerprint density at radius 1 is 1.48 bits per heavy atom. The molecule has 0 aliphatic heterocycles. The van der Waals surface area contributed by atoms with Gasteiger partial charge in [0.15, 0.2) is 0 Å². The molecule has 1 atom stereocenters. The Morgan fingerprint density at radius 2 is 2.24 bits per heavy atom. The van der Waals surface area contributed by atoms with Gasteiger partial charge in [-0.05, 0) is 19.1 Å². The first-order valence-electron chi connectivity index (χ1n) is 5.91. The molecule has 0 saturated heterocycles. The number of urea groups is 1. The van der Waals surface area contributed by atoms with Crippen LogP contribution in [-0.2, 0) is 16.6 Å². The number of carbonyl (C=O) groups is 1. The molecular weight excluding hydrogens is 332 g/mol. The van der Waals surface area contributed by atoms with Gasteiger partial charge in [-0.15, -0.1) is 22.7 Å². The maximum atomic E-state index is 11.7. The summed E-state index contributed by atoms with van der Waals surface area (Å²) in [6.45, 7) is 2.07. The number of aromatic nitrogens is 1. The molecule has 0 aliphatic carbocycles. The van der Waals surface area contributed by atoms with Crippen LogP contribution in [0.15, 0.2) is 27.9 Å². The fourth-order valence-electron chi connectivity index (χ4n) is 1.53. The van der Waals surface area contributed by atoms with Crippen LogP contribution in [0.3, 0.4) is 0 Å². The average molecular weight is 346 g/mol. The van der Waals surface area contributed by atoms with Crippen molar-refractivity contribution in [3.8, 4) is 0 Å². The molecule has 2 amide bonds. The highest BCUT2D eigenvalue weighted by Gasteiger charge is 2.13. The molecule has 0 aliphatic rings. The van der Waals surface area contributed by atoms with Gasteiger partial charge >= 0.3 is 6.03 Å². The molecule has 2 aromatic heterocycles. The summed E-state index contributed by atoms with van der Waals surface area (Å²) >= 11 is 2.49. The highest BCUT2D eigenvalue weighted by molar-refractivity contribution is 7.91. The lowest BCUT2D eigenvalue weighted by Gasteiger charge is -2.11. The number of thiazole rings is 1. The molecule has 1 unspecified atom stereocenters. The van der Waals surface area contributed by atoms with Crippen molar-refractivity contribution in [3.05, 3.63) is 33.6 Å². The normalized spacial score (nSPS) is 12.9. The van der Waals surface area contributed by atoms with Gasteiger partial charge in [-0.25, -0.2) is 23.3 Å². The molecule has 10 heteroatoms. The van der Waals surface area contributed by atoms with E-state index < -0.39 is 10.0 Å². The summed E-state index contributed by atoms with van der Waals surface area (Å²) in [6.07, 6.45) is 1.68. The number of thiophene rings is 1. The molecule has 2 rings (SSSR count). The summed E-state index contributed by atoms with van der Waals surface area (Å²) in [5.74, 6) is 0. The molecule has 2 heterocycles. The Hall–Kier alpha value is -1.49. The fourth-order valence-corrected chi connectivity index (χ4v) is 3.90. The van der Waals surface area contributed by atoms with E-state index in [4.69, 9.17) is 5.14 Å². The van der Waals surface area contributed by atoms with E-state index in [0.717, 1.165) is 16.3 Å². The quantitative estimate of drug-likeness (QED) is 0.759. The predicted molar refractivity (Wildman–Crippen MR) is 81.6 cm³/mol. The number of primary sulfonamides is 1. The third-order valence-corrected chi connectivity index (χ3v) is 5.99. The first kappa shape index (κ1) is 15.9. The van der Waals surface area contributed by atoms with Crippen molar-refractivity contribution in [3.63, 3.8) is 0 Å². The van der Waals surface area contributed by atoms with Crippen LogP contribution in [0.2, 0.25) is 0 Å². The number of hydrogen-bond donors (Lipinski definition) is 3.